The topological polar surface area (TPSA) is 29.1 Å². The molecule has 3 heteroatoms. The first-order chi connectivity index (χ1) is 16.4. The van der Waals surface area contributed by atoms with Crippen LogP contribution in [0.15, 0.2) is 72.8 Å². The lowest BCUT2D eigenvalue weighted by atomic mass is 9.86. The molecule has 34 heavy (non-hydrogen) atoms. The number of likely N-dealkylation sites (tertiary alicyclic amines) is 1. The molecule has 1 aliphatic heterocycles. The molecule has 3 aromatic rings. The van der Waals surface area contributed by atoms with E-state index in [1.54, 1.807) is 0 Å². The number of carbonyl (C=O) groups excluding carboxylic acids is 1. The molecule has 0 aromatic heterocycles. The highest BCUT2D eigenvalue weighted by Gasteiger charge is 2.44. The Morgan fingerprint density at radius 1 is 0.912 bits per heavy atom. The van der Waals surface area contributed by atoms with Crippen molar-refractivity contribution in [2.45, 2.75) is 65.5 Å². The molecule has 1 atom stereocenters. The monoisotopic (exact) mass is 455 g/mol. The van der Waals surface area contributed by atoms with Gasteiger partial charge in [0.1, 0.15) is 6.54 Å². The quantitative estimate of drug-likeness (QED) is 0.385. The Morgan fingerprint density at radius 2 is 1.56 bits per heavy atom. The van der Waals surface area contributed by atoms with Crippen LogP contribution in [-0.2, 0) is 11.3 Å². The lowest BCUT2D eigenvalue weighted by Crippen LogP contribution is -2.62. The van der Waals surface area contributed by atoms with Crippen molar-refractivity contribution in [2.75, 3.05) is 18.4 Å². The van der Waals surface area contributed by atoms with Gasteiger partial charge in [-0.2, -0.15) is 0 Å². The van der Waals surface area contributed by atoms with Crippen LogP contribution < -0.4 is 5.32 Å². The lowest BCUT2D eigenvalue weighted by molar-refractivity contribution is -0.959. The molecule has 1 N–H and O–H groups in total. The second-order valence-corrected chi connectivity index (χ2v) is 10.2. The second kappa shape index (κ2) is 10.6. The number of para-hydroxylation sites is 1. The third-order valence-electron chi connectivity index (χ3n) is 7.78. The maximum absolute atomic E-state index is 13.8. The zero-order valence-corrected chi connectivity index (χ0v) is 21.2. The minimum atomic E-state index is -0.0729. The standard InChI is InChI=1S/C31H38N2O/c1-5-29(31(34)32-30-24(3)12-10-13-25(30)4)33(22-26-14-9-11-23(2)21-26)19-17-28(18-20-33)27-15-7-6-8-16-27/h6-16,21,28-29H,5,17-20,22H2,1-4H3/p+1. The van der Waals surface area contributed by atoms with Gasteiger partial charge in [0.05, 0.1) is 13.1 Å². The Bertz CT molecular complexity index is 1090. The zero-order valence-electron chi connectivity index (χ0n) is 21.2. The van der Waals surface area contributed by atoms with Gasteiger partial charge in [-0.05, 0) is 43.4 Å². The Kier molecular flexibility index (Phi) is 7.53. The molecule has 1 heterocycles. The van der Waals surface area contributed by atoms with Gasteiger partial charge in [-0.15, -0.1) is 0 Å². The van der Waals surface area contributed by atoms with Crippen LogP contribution in [0, 0.1) is 20.8 Å². The smallest absolute Gasteiger partial charge is 0.282 e. The predicted molar refractivity (Wildman–Crippen MR) is 142 cm³/mol. The van der Waals surface area contributed by atoms with Gasteiger partial charge < -0.3 is 9.80 Å². The molecule has 4 rings (SSSR count). The van der Waals surface area contributed by atoms with Crippen molar-refractivity contribution in [1.82, 2.24) is 0 Å². The largest absolute Gasteiger partial charge is 0.320 e. The number of aryl methyl sites for hydroxylation is 3. The molecule has 0 spiro atoms. The summed E-state index contributed by atoms with van der Waals surface area (Å²) in [6, 6.07) is 25.9. The summed E-state index contributed by atoms with van der Waals surface area (Å²) in [4.78, 5) is 13.8. The summed E-state index contributed by atoms with van der Waals surface area (Å²) in [6.07, 6.45) is 3.06. The Labute approximate surface area is 205 Å². The fraction of sp³-hybridized carbons (Fsp3) is 0.387. The third kappa shape index (κ3) is 5.26. The van der Waals surface area contributed by atoms with Crippen molar-refractivity contribution < 1.29 is 9.28 Å². The van der Waals surface area contributed by atoms with E-state index < -0.39 is 0 Å². The van der Waals surface area contributed by atoms with Gasteiger partial charge in [-0.1, -0.05) is 85.3 Å². The van der Waals surface area contributed by atoms with Gasteiger partial charge in [0.15, 0.2) is 6.04 Å². The van der Waals surface area contributed by atoms with E-state index in [4.69, 9.17) is 0 Å². The second-order valence-electron chi connectivity index (χ2n) is 10.2. The van der Waals surface area contributed by atoms with E-state index in [9.17, 15) is 4.79 Å². The number of nitrogens with one attached hydrogen (secondary N) is 1. The fourth-order valence-corrected chi connectivity index (χ4v) is 5.93. The summed E-state index contributed by atoms with van der Waals surface area (Å²) in [5.41, 5.74) is 7.26. The summed E-state index contributed by atoms with van der Waals surface area (Å²) >= 11 is 0. The van der Waals surface area contributed by atoms with Gasteiger partial charge in [0, 0.05) is 30.5 Å². The Hall–Kier alpha value is -2.91. The van der Waals surface area contributed by atoms with Crippen LogP contribution in [0.2, 0.25) is 0 Å². The molecular weight excluding hydrogens is 416 g/mol. The zero-order chi connectivity index (χ0) is 24.1. The number of hydrogen-bond acceptors (Lipinski definition) is 1. The molecule has 1 saturated heterocycles. The number of piperidine rings is 1. The summed E-state index contributed by atoms with van der Waals surface area (Å²) in [5.74, 6) is 0.731. The number of benzene rings is 3. The minimum absolute atomic E-state index is 0.0729. The van der Waals surface area contributed by atoms with E-state index in [1.807, 2.05) is 0 Å². The number of nitrogens with zero attached hydrogens (tertiary/aromatic N) is 1. The molecule has 0 bridgehead atoms. The van der Waals surface area contributed by atoms with E-state index >= 15 is 0 Å². The summed E-state index contributed by atoms with van der Waals surface area (Å²) < 4.78 is 0.833. The normalized spacial score (nSPS) is 21.1. The highest BCUT2D eigenvalue weighted by atomic mass is 16.2. The summed E-state index contributed by atoms with van der Waals surface area (Å²) in [7, 11) is 0. The lowest BCUT2D eigenvalue weighted by Gasteiger charge is -2.48. The van der Waals surface area contributed by atoms with Crippen LogP contribution in [0.4, 0.5) is 5.69 Å². The van der Waals surface area contributed by atoms with Crippen molar-refractivity contribution in [2.24, 2.45) is 0 Å². The minimum Gasteiger partial charge on any atom is -0.320 e. The Balaban J connectivity index is 1.63. The molecule has 0 aliphatic carbocycles. The van der Waals surface area contributed by atoms with E-state index in [2.05, 4.69) is 106 Å². The predicted octanol–water partition coefficient (Wildman–Crippen LogP) is 6.92. The molecule has 3 nitrogen and oxygen atoms in total. The number of quaternary nitrogens is 1. The van der Waals surface area contributed by atoms with Gasteiger partial charge in [0.2, 0.25) is 0 Å². The number of carbonyl (C=O) groups is 1. The molecule has 1 unspecified atom stereocenters. The van der Waals surface area contributed by atoms with E-state index in [0.29, 0.717) is 5.92 Å². The number of anilines is 1. The first-order valence-corrected chi connectivity index (χ1v) is 12.7. The first kappa shape index (κ1) is 24.2. The first-order valence-electron chi connectivity index (χ1n) is 12.7. The summed E-state index contributed by atoms with van der Waals surface area (Å²) in [6.45, 7) is 11.4. The SMILES string of the molecule is CCC(C(=O)Nc1c(C)cccc1C)[N+]1(Cc2cccc(C)c2)CCC(c2ccccc2)CC1. The van der Waals surface area contributed by atoms with E-state index in [-0.39, 0.29) is 11.9 Å². The average Bonchev–Trinajstić information content (AvgIpc) is 2.83. The number of rotatable bonds is 7. The van der Waals surface area contributed by atoms with Crippen molar-refractivity contribution in [3.8, 4) is 0 Å². The molecule has 1 fully saturated rings. The van der Waals surface area contributed by atoms with Gasteiger partial charge >= 0.3 is 0 Å². The summed E-state index contributed by atoms with van der Waals surface area (Å²) in [5, 5.41) is 3.34. The molecule has 1 amide bonds. The maximum atomic E-state index is 13.8. The number of hydrogen-bond donors (Lipinski definition) is 1. The van der Waals surface area contributed by atoms with Gasteiger partial charge in [-0.25, -0.2) is 0 Å². The van der Waals surface area contributed by atoms with Crippen molar-refractivity contribution in [3.05, 3.63) is 101 Å². The van der Waals surface area contributed by atoms with Crippen LogP contribution in [0.1, 0.15) is 59.9 Å². The molecular formula is C31H39N2O+. The highest BCUT2D eigenvalue weighted by Crippen LogP contribution is 2.36. The molecule has 178 valence electrons. The van der Waals surface area contributed by atoms with Crippen molar-refractivity contribution in [1.29, 1.82) is 0 Å². The molecule has 1 aliphatic rings. The van der Waals surface area contributed by atoms with Crippen LogP contribution in [-0.4, -0.2) is 29.5 Å². The van der Waals surface area contributed by atoms with Crippen LogP contribution in [0.3, 0.4) is 0 Å². The van der Waals surface area contributed by atoms with Gasteiger partial charge in [0.25, 0.3) is 5.91 Å². The molecule has 3 aromatic carbocycles. The highest BCUT2D eigenvalue weighted by molar-refractivity contribution is 5.95. The van der Waals surface area contributed by atoms with Crippen LogP contribution in [0.5, 0.6) is 0 Å². The van der Waals surface area contributed by atoms with Crippen LogP contribution >= 0.6 is 0 Å². The molecule has 0 radical (unpaired) electrons. The fourth-order valence-electron chi connectivity index (χ4n) is 5.93. The van der Waals surface area contributed by atoms with Crippen molar-refractivity contribution >= 4 is 11.6 Å². The molecule has 0 saturated carbocycles. The maximum Gasteiger partial charge on any atom is 0.282 e. The number of amides is 1. The third-order valence-corrected chi connectivity index (χ3v) is 7.78. The van der Waals surface area contributed by atoms with Crippen LogP contribution in [0.25, 0.3) is 0 Å². The van der Waals surface area contributed by atoms with Crippen molar-refractivity contribution in [3.63, 3.8) is 0 Å². The Morgan fingerprint density at radius 3 is 2.18 bits per heavy atom. The van der Waals surface area contributed by atoms with E-state index in [0.717, 1.165) is 60.2 Å². The van der Waals surface area contributed by atoms with Gasteiger partial charge in [-0.3, -0.25) is 4.79 Å². The average molecular weight is 456 g/mol. The van der Waals surface area contributed by atoms with E-state index in [1.165, 1.54) is 16.7 Å².